The Morgan fingerprint density at radius 1 is 1.00 bits per heavy atom. The van der Waals surface area contributed by atoms with Crippen molar-refractivity contribution in [3.63, 3.8) is 0 Å². The second-order valence-corrected chi connectivity index (χ2v) is 4.28. The first-order chi connectivity index (χ1) is 5.37. The Morgan fingerprint density at radius 3 is 1.50 bits per heavy atom. The molecule has 0 spiro atoms. The lowest BCUT2D eigenvalue weighted by molar-refractivity contribution is -0.125. The number of amides is 1. The van der Waals surface area contributed by atoms with Crippen molar-refractivity contribution < 1.29 is 4.79 Å². The molecule has 2 heteroatoms. The van der Waals surface area contributed by atoms with Gasteiger partial charge in [0.15, 0.2) is 0 Å². The molecule has 0 aromatic rings. The van der Waals surface area contributed by atoms with Crippen molar-refractivity contribution in [2.75, 3.05) is 0 Å². The van der Waals surface area contributed by atoms with Gasteiger partial charge in [0.1, 0.15) is 0 Å². The number of hydrogen-bond acceptors (Lipinski definition) is 1. The van der Waals surface area contributed by atoms with Crippen LogP contribution in [0.15, 0.2) is 0 Å². The van der Waals surface area contributed by atoms with Crippen molar-refractivity contribution in [1.29, 1.82) is 0 Å². The van der Waals surface area contributed by atoms with Crippen molar-refractivity contribution in [2.45, 2.75) is 34.6 Å². The van der Waals surface area contributed by atoms with E-state index in [9.17, 15) is 4.79 Å². The summed E-state index contributed by atoms with van der Waals surface area (Å²) in [6, 6.07) is 0. The largest absolute Gasteiger partial charge is 0.369 e. The zero-order valence-electron chi connectivity index (χ0n) is 8.79. The van der Waals surface area contributed by atoms with Crippen molar-refractivity contribution in [3.8, 4) is 0 Å². The molecule has 0 heterocycles. The van der Waals surface area contributed by atoms with Gasteiger partial charge in [0.25, 0.3) is 0 Å². The normalized spacial score (nSPS) is 16.6. The Balaban J connectivity index is 4.40. The van der Waals surface area contributed by atoms with Gasteiger partial charge in [0.05, 0.1) is 0 Å². The summed E-state index contributed by atoms with van der Waals surface area (Å²) in [5.41, 5.74) is 5.34. The van der Waals surface area contributed by atoms with Crippen molar-refractivity contribution in [2.24, 2.45) is 29.4 Å². The van der Waals surface area contributed by atoms with E-state index in [4.69, 9.17) is 5.73 Å². The SMILES string of the molecule is CC(C)C(C)C(C(N)=O)C(C)C. The maximum absolute atomic E-state index is 11.1. The molecule has 0 aliphatic carbocycles. The molecule has 0 bridgehead atoms. The van der Waals surface area contributed by atoms with Crippen LogP contribution in [0.2, 0.25) is 0 Å². The summed E-state index contributed by atoms with van der Waals surface area (Å²) < 4.78 is 0. The van der Waals surface area contributed by atoms with Crippen LogP contribution in [-0.2, 0) is 4.79 Å². The molecule has 0 aromatic carbocycles. The van der Waals surface area contributed by atoms with Gasteiger partial charge >= 0.3 is 0 Å². The van der Waals surface area contributed by atoms with E-state index >= 15 is 0 Å². The zero-order chi connectivity index (χ0) is 9.89. The van der Waals surface area contributed by atoms with Crippen molar-refractivity contribution in [1.82, 2.24) is 0 Å². The van der Waals surface area contributed by atoms with E-state index in [1.807, 2.05) is 13.8 Å². The van der Waals surface area contributed by atoms with Gasteiger partial charge in [-0.25, -0.2) is 0 Å². The third-order valence-corrected chi connectivity index (χ3v) is 2.66. The smallest absolute Gasteiger partial charge is 0.221 e. The molecule has 2 atom stereocenters. The molecule has 0 aliphatic heterocycles. The zero-order valence-corrected chi connectivity index (χ0v) is 8.79. The van der Waals surface area contributed by atoms with Crippen LogP contribution >= 0.6 is 0 Å². The molecule has 0 rings (SSSR count). The van der Waals surface area contributed by atoms with E-state index in [0.29, 0.717) is 17.8 Å². The molecular formula is C10H21NO. The maximum Gasteiger partial charge on any atom is 0.221 e. The Kier molecular flexibility index (Phi) is 4.29. The first-order valence-electron chi connectivity index (χ1n) is 4.67. The molecule has 2 unspecified atom stereocenters. The minimum absolute atomic E-state index is 0.0185. The van der Waals surface area contributed by atoms with E-state index in [0.717, 1.165) is 0 Å². The molecule has 12 heavy (non-hydrogen) atoms. The molecule has 2 N–H and O–H groups in total. The van der Waals surface area contributed by atoms with Crippen molar-refractivity contribution >= 4 is 5.91 Å². The average molecular weight is 171 g/mol. The van der Waals surface area contributed by atoms with Gasteiger partial charge in [0, 0.05) is 5.92 Å². The number of hydrogen-bond donors (Lipinski definition) is 1. The van der Waals surface area contributed by atoms with Crippen LogP contribution in [0.1, 0.15) is 34.6 Å². The Morgan fingerprint density at radius 2 is 1.42 bits per heavy atom. The molecular weight excluding hydrogens is 150 g/mol. The summed E-state index contributed by atoms with van der Waals surface area (Å²) in [5.74, 6) is 1.10. The van der Waals surface area contributed by atoms with E-state index < -0.39 is 0 Å². The van der Waals surface area contributed by atoms with Crippen LogP contribution in [0, 0.1) is 23.7 Å². The van der Waals surface area contributed by atoms with Crippen LogP contribution in [0.5, 0.6) is 0 Å². The number of primary amides is 1. The topological polar surface area (TPSA) is 43.1 Å². The average Bonchev–Trinajstić information content (AvgIpc) is 1.85. The maximum atomic E-state index is 11.1. The van der Waals surface area contributed by atoms with Gasteiger partial charge < -0.3 is 5.73 Å². The highest BCUT2D eigenvalue weighted by Gasteiger charge is 2.27. The lowest BCUT2D eigenvalue weighted by Crippen LogP contribution is -2.34. The Hall–Kier alpha value is -0.530. The highest BCUT2D eigenvalue weighted by Crippen LogP contribution is 2.26. The van der Waals surface area contributed by atoms with Crippen LogP contribution in [-0.4, -0.2) is 5.91 Å². The lowest BCUT2D eigenvalue weighted by Gasteiger charge is -2.27. The quantitative estimate of drug-likeness (QED) is 0.691. The predicted octanol–water partition coefficient (Wildman–Crippen LogP) is 2.04. The second-order valence-electron chi connectivity index (χ2n) is 4.28. The minimum Gasteiger partial charge on any atom is -0.369 e. The first-order valence-corrected chi connectivity index (χ1v) is 4.67. The first kappa shape index (κ1) is 11.5. The summed E-state index contributed by atoms with van der Waals surface area (Å²) in [6.45, 7) is 10.5. The third kappa shape index (κ3) is 2.84. The number of rotatable bonds is 4. The molecule has 0 radical (unpaired) electrons. The molecule has 0 saturated heterocycles. The molecule has 0 aliphatic rings. The fourth-order valence-corrected chi connectivity index (χ4v) is 1.61. The predicted molar refractivity (Wildman–Crippen MR) is 51.5 cm³/mol. The van der Waals surface area contributed by atoms with E-state index in [1.54, 1.807) is 0 Å². The van der Waals surface area contributed by atoms with Crippen LogP contribution in [0.25, 0.3) is 0 Å². The number of carbonyl (C=O) groups is 1. The summed E-state index contributed by atoms with van der Waals surface area (Å²) in [6.07, 6.45) is 0. The van der Waals surface area contributed by atoms with E-state index in [1.165, 1.54) is 0 Å². The lowest BCUT2D eigenvalue weighted by atomic mass is 9.78. The van der Waals surface area contributed by atoms with Gasteiger partial charge in [-0.1, -0.05) is 34.6 Å². The van der Waals surface area contributed by atoms with Gasteiger partial charge in [-0.15, -0.1) is 0 Å². The molecule has 0 aromatic heterocycles. The highest BCUT2D eigenvalue weighted by atomic mass is 16.1. The summed E-state index contributed by atoms with van der Waals surface area (Å²) >= 11 is 0. The van der Waals surface area contributed by atoms with Crippen LogP contribution < -0.4 is 5.73 Å². The van der Waals surface area contributed by atoms with Crippen LogP contribution in [0.3, 0.4) is 0 Å². The molecule has 0 fully saturated rings. The molecule has 0 saturated carbocycles. The summed E-state index contributed by atoms with van der Waals surface area (Å²) in [5, 5.41) is 0. The third-order valence-electron chi connectivity index (χ3n) is 2.66. The molecule has 72 valence electrons. The van der Waals surface area contributed by atoms with E-state index in [-0.39, 0.29) is 11.8 Å². The second kappa shape index (κ2) is 4.48. The van der Waals surface area contributed by atoms with Crippen LogP contribution in [0.4, 0.5) is 0 Å². The standard InChI is InChI=1S/C10H21NO/c1-6(2)8(5)9(7(3)4)10(11)12/h6-9H,1-5H3,(H2,11,12). The molecule has 2 nitrogen and oxygen atoms in total. The Bertz CT molecular complexity index is 152. The monoisotopic (exact) mass is 171 g/mol. The van der Waals surface area contributed by atoms with Gasteiger partial charge in [0.2, 0.25) is 5.91 Å². The fraction of sp³-hybridized carbons (Fsp3) is 0.900. The van der Waals surface area contributed by atoms with Gasteiger partial charge in [-0.05, 0) is 17.8 Å². The van der Waals surface area contributed by atoms with E-state index in [2.05, 4.69) is 20.8 Å². The highest BCUT2D eigenvalue weighted by molar-refractivity contribution is 5.77. The minimum atomic E-state index is -0.161. The number of nitrogens with two attached hydrogens (primary N) is 1. The summed E-state index contributed by atoms with van der Waals surface area (Å²) in [7, 11) is 0. The Labute approximate surface area is 75.5 Å². The van der Waals surface area contributed by atoms with Gasteiger partial charge in [-0.3, -0.25) is 4.79 Å². The number of carbonyl (C=O) groups excluding carboxylic acids is 1. The van der Waals surface area contributed by atoms with Gasteiger partial charge in [-0.2, -0.15) is 0 Å². The van der Waals surface area contributed by atoms with Crippen molar-refractivity contribution in [3.05, 3.63) is 0 Å². The fourth-order valence-electron chi connectivity index (χ4n) is 1.61. The molecule has 1 amide bonds. The summed E-state index contributed by atoms with van der Waals surface area (Å²) in [4.78, 5) is 11.1.